The first-order valence-electron chi connectivity index (χ1n) is 8.90. The molecule has 1 saturated heterocycles. The van der Waals surface area contributed by atoms with E-state index >= 15 is 0 Å². The number of carbonyl (C=O) groups is 3. The van der Waals surface area contributed by atoms with Gasteiger partial charge in [0.15, 0.2) is 18.1 Å². The number of hydrogen-bond acceptors (Lipinski definition) is 7. The van der Waals surface area contributed by atoms with Gasteiger partial charge >= 0.3 is 5.97 Å². The van der Waals surface area contributed by atoms with Gasteiger partial charge in [-0.25, -0.2) is 0 Å². The third-order valence-corrected chi connectivity index (χ3v) is 4.32. The van der Waals surface area contributed by atoms with Gasteiger partial charge in [-0.15, -0.1) is 0 Å². The van der Waals surface area contributed by atoms with Crippen LogP contribution in [-0.2, 0) is 30.3 Å². The van der Waals surface area contributed by atoms with Gasteiger partial charge < -0.3 is 28.7 Å². The molecular weight excluding hydrogens is 368 g/mol. The largest absolute Gasteiger partial charge is 0.493 e. The molecule has 0 aliphatic carbocycles. The summed E-state index contributed by atoms with van der Waals surface area (Å²) in [4.78, 5) is 39.2. The van der Waals surface area contributed by atoms with Gasteiger partial charge in [0, 0.05) is 20.1 Å². The molecule has 0 bridgehead atoms. The van der Waals surface area contributed by atoms with Gasteiger partial charge in [0.05, 0.1) is 40.4 Å². The van der Waals surface area contributed by atoms with Crippen LogP contribution in [0.1, 0.15) is 5.56 Å². The highest BCUT2D eigenvalue weighted by Gasteiger charge is 2.21. The van der Waals surface area contributed by atoms with E-state index in [0.29, 0.717) is 43.4 Å². The highest BCUT2D eigenvalue weighted by atomic mass is 16.5. The average Bonchev–Trinajstić information content (AvgIpc) is 2.72. The summed E-state index contributed by atoms with van der Waals surface area (Å²) in [6, 6.07) is 5.09. The predicted octanol–water partition coefficient (Wildman–Crippen LogP) is 0.107. The highest BCUT2D eigenvalue weighted by molar-refractivity contribution is 5.86. The Balaban J connectivity index is 1.78. The maximum absolute atomic E-state index is 12.2. The van der Waals surface area contributed by atoms with Crippen LogP contribution in [0, 0.1) is 0 Å². The van der Waals surface area contributed by atoms with Crippen LogP contribution in [0.2, 0.25) is 0 Å². The second-order valence-electron chi connectivity index (χ2n) is 6.27. The number of likely N-dealkylation sites (N-methyl/N-ethyl adjacent to an activating group) is 1. The molecular formula is C19H26N2O7. The Morgan fingerprint density at radius 1 is 1.11 bits per heavy atom. The Hall–Kier alpha value is -2.81. The molecule has 28 heavy (non-hydrogen) atoms. The van der Waals surface area contributed by atoms with E-state index in [1.807, 2.05) is 0 Å². The zero-order valence-electron chi connectivity index (χ0n) is 16.4. The molecule has 1 aromatic carbocycles. The smallest absolute Gasteiger partial charge is 0.310 e. The van der Waals surface area contributed by atoms with Gasteiger partial charge in [0.1, 0.15) is 0 Å². The van der Waals surface area contributed by atoms with E-state index in [9.17, 15) is 14.4 Å². The van der Waals surface area contributed by atoms with Crippen molar-refractivity contribution in [2.24, 2.45) is 0 Å². The number of esters is 1. The standard InChI is InChI=1S/C19H26N2O7/c1-20(12-17(22)21-6-8-27-9-7-21)18(23)13-28-19(24)11-14-4-5-15(25-2)16(10-14)26-3/h4-5,10H,6-9,11-13H2,1-3H3. The number of hydrogen-bond donors (Lipinski definition) is 0. The average molecular weight is 394 g/mol. The number of rotatable bonds is 8. The molecule has 2 rings (SSSR count). The van der Waals surface area contributed by atoms with Crippen molar-refractivity contribution in [3.8, 4) is 11.5 Å². The van der Waals surface area contributed by atoms with E-state index < -0.39 is 18.5 Å². The lowest BCUT2D eigenvalue weighted by Crippen LogP contribution is -2.46. The van der Waals surface area contributed by atoms with Gasteiger partial charge in [-0.05, 0) is 17.7 Å². The summed E-state index contributed by atoms with van der Waals surface area (Å²) in [5.41, 5.74) is 0.672. The van der Waals surface area contributed by atoms with Crippen molar-refractivity contribution in [3.63, 3.8) is 0 Å². The quantitative estimate of drug-likeness (QED) is 0.578. The number of ether oxygens (including phenoxy) is 4. The Morgan fingerprint density at radius 3 is 2.43 bits per heavy atom. The lowest BCUT2D eigenvalue weighted by atomic mass is 10.1. The summed E-state index contributed by atoms with van der Waals surface area (Å²) in [6.07, 6.45) is -0.00986. The van der Waals surface area contributed by atoms with E-state index in [1.165, 1.54) is 26.2 Å². The van der Waals surface area contributed by atoms with Crippen LogP contribution >= 0.6 is 0 Å². The molecule has 0 saturated carbocycles. The van der Waals surface area contributed by atoms with Gasteiger partial charge in [-0.2, -0.15) is 0 Å². The first-order valence-corrected chi connectivity index (χ1v) is 8.90. The molecule has 2 amide bonds. The number of amides is 2. The van der Waals surface area contributed by atoms with Crippen molar-refractivity contribution in [1.29, 1.82) is 0 Å². The number of morpholine rings is 1. The zero-order valence-corrected chi connectivity index (χ0v) is 16.4. The Kier molecular flexibility index (Phi) is 8.06. The second-order valence-corrected chi connectivity index (χ2v) is 6.27. The summed E-state index contributed by atoms with van der Waals surface area (Å²) in [6.45, 7) is 1.54. The molecule has 1 aliphatic heterocycles. The van der Waals surface area contributed by atoms with E-state index in [1.54, 1.807) is 23.1 Å². The van der Waals surface area contributed by atoms with Gasteiger partial charge in [-0.3, -0.25) is 14.4 Å². The van der Waals surface area contributed by atoms with Crippen LogP contribution in [0.3, 0.4) is 0 Å². The number of benzene rings is 1. The fraction of sp³-hybridized carbons (Fsp3) is 0.526. The van der Waals surface area contributed by atoms with Crippen LogP contribution in [0.5, 0.6) is 11.5 Å². The van der Waals surface area contributed by atoms with Crippen molar-refractivity contribution in [2.75, 3.05) is 60.7 Å². The van der Waals surface area contributed by atoms with Gasteiger partial charge in [-0.1, -0.05) is 6.07 Å². The fourth-order valence-electron chi connectivity index (χ4n) is 2.66. The van der Waals surface area contributed by atoms with Crippen LogP contribution in [0.4, 0.5) is 0 Å². The van der Waals surface area contributed by atoms with Crippen LogP contribution in [0.25, 0.3) is 0 Å². The molecule has 0 spiro atoms. The summed E-state index contributed by atoms with van der Waals surface area (Å²) < 4.78 is 20.6. The molecule has 0 radical (unpaired) electrons. The molecule has 9 nitrogen and oxygen atoms in total. The van der Waals surface area contributed by atoms with E-state index in [4.69, 9.17) is 18.9 Å². The molecule has 1 aromatic rings. The maximum Gasteiger partial charge on any atom is 0.310 e. The number of nitrogens with zero attached hydrogens (tertiary/aromatic N) is 2. The minimum atomic E-state index is -0.548. The minimum Gasteiger partial charge on any atom is -0.493 e. The molecule has 154 valence electrons. The van der Waals surface area contributed by atoms with E-state index in [2.05, 4.69) is 0 Å². The van der Waals surface area contributed by atoms with E-state index in [-0.39, 0.29) is 18.9 Å². The molecule has 0 N–H and O–H groups in total. The van der Waals surface area contributed by atoms with Crippen LogP contribution in [0.15, 0.2) is 18.2 Å². The fourth-order valence-corrected chi connectivity index (χ4v) is 2.66. The molecule has 1 aliphatic rings. The monoisotopic (exact) mass is 394 g/mol. The number of methoxy groups -OCH3 is 2. The molecule has 0 unspecified atom stereocenters. The Labute approximate surface area is 164 Å². The van der Waals surface area contributed by atoms with Crippen LogP contribution < -0.4 is 9.47 Å². The highest BCUT2D eigenvalue weighted by Crippen LogP contribution is 2.27. The lowest BCUT2D eigenvalue weighted by molar-refractivity contribution is -0.152. The Morgan fingerprint density at radius 2 is 1.79 bits per heavy atom. The third kappa shape index (κ3) is 6.12. The van der Waals surface area contributed by atoms with Crippen LogP contribution in [-0.4, -0.2) is 88.3 Å². The molecule has 0 aromatic heterocycles. The lowest BCUT2D eigenvalue weighted by Gasteiger charge is -2.28. The van der Waals surface area contributed by atoms with Crippen molar-refractivity contribution in [3.05, 3.63) is 23.8 Å². The number of carbonyl (C=O) groups excluding carboxylic acids is 3. The third-order valence-electron chi connectivity index (χ3n) is 4.32. The van der Waals surface area contributed by atoms with Crippen molar-refractivity contribution >= 4 is 17.8 Å². The van der Waals surface area contributed by atoms with Crippen molar-refractivity contribution in [2.45, 2.75) is 6.42 Å². The molecule has 0 atom stereocenters. The zero-order chi connectivity index (χ0) is 20.5. The molecule has 1 fully saturated rings. The topological polar surface area (TPSA) is 94.6 Å². The first kappa shape index (κ1) is 21.5. The summed E-state index contributed by atoms with van der Waals surface area (Å²) >= 11 is 0. The van der Waals surface area contributed by atoms with Crippen molar-refractivity contribution in [1.82, 2.24) is 9.80 Å². The summed E-state index contributed by atoms with van der Waals surface area (Å²) in [5, 5.41) is 0. The second kappa shape index (κ2) is 10.5. The van der Waals surface area contributed by atoms with Crippen molar-refractivity contribution < 1.29 is 33.3 Å². The molecule has 1 heterocycles. The predicted molar refractivity (Wildman–Crippen MR) is 99.2 cm³/mol. The normalized spacial score (nSPS) is 13.6. The first-order chi connectivity index (χ1) is 13.4. The molecule has 9 heteroatoms. The van der Waals surface area contributed by atoms with Gasteiger partial charge in [0.25, 0.3) is 5.91 Å². The maximum atomic E-state index is 12.2. The summed E-state index contributed by atoms with van der Waals surface area (Å²) in [7, 11) is 4.53. The van der Waals surface area contributed by atoms with Gasteiger partial charge in [0.2, 0.25) is 5.91 Å². The van der Waals surface area contributed by atoms with E-state index in [0.717, 1.165) is 0 Å². The SMILES string of the molecule is COc1ccc(CC(=O)OCC(=O)N(C)CC(=O)N2CCOCC2)cc1OC. The Bertz CT molecular complexity index is 702. The summed E-state index contributed by atoms with van der Waals surface area (Å²) in [5.74, 6) is -0.0851. The minimum absolute atomic E-state index is 0.00986.